The number of thiophene rings is 1. The number of ether oxygens (including phenoxy) is 1. The lowest BCUT2D eigenvalue weighted by molar-refractivity contribution is 0.242. The lowest BCUT2D eigenvalue weighted by Gasteiger charge is -2.13. The molecular weight excluding hydrogens is 400 g/mol. The van der Waals surface area contributed by atoms with E-state index in [0.29, 0.717) is 6.54 Å². The van der Waals surface area contributed by atoms with Gasteiger partial charge in [0, 0.05) is 17.2 Å². The fourth-order valence-corrected chi connectivity index (χ4v) is 5.97. The quantitative estimate of drug-likeness (QED) is 0.280. The maximum Gasteiger partial charge on any atom is 0.263 e. The summed E-state index contributed by atoms with van der Waals surface area (Å²) in [6.45, 7) is 8.36. The molecule has 2 aromatic heterocycles. The Morgan fingerprint density at radius 3 is 2.76 bits per heavy atom. The van der Waals surface area contributed by atoms with Gasteiger partial charge in [-0.15, -0.1) is 17.9 Å². The number of thioether (sulfide) groups is 1. The first kappa shape index (κ1) is 20.2. The summed E-state index contributed by atoms with van der Waals surface area (Å²) in [6.07, 6.45) is 6.37. The van der Waals surface area contributed by atoms with E-state index in [-0.39, 0.29) is 11.7 Å². The molecule has 6 heteroatoms. The summed E-state index contributed by atoms with van der Waals surface area (Å²) >= 11 is 3.31. The molecule has 2 heterocycles. The van der Waals surface area contributed by atoms with Crippen molar-refractivity contribution in [3.8, 4) is 5.75 Å². The third-order valence-corrected chi connectivity index (χ3v) is 7.25. The van der Waals surface area contributed by atoms with Crippen molar-refractivity contribution in [3.63, 3.8) is 0 Å². The first-order valence-electron chi connectivity index (χ1n) is 10.1. The molecule has 29 heavy (non-hydrogen) atoms. The summed E-state index contributed by atoms with van der Waals surface area (Å²) in [4.78, 5) is 20.4. The summed E-state index contributed by atoms with van der Waals surface area (Å²) in [5.74, 6) is 1.63. The Hall–Kier alpha value is -2.05. The third-order valence-electron chi connectivity index (χ3n) is 5.01. The van der Waals surface area contributed by atoms with Crippen LogP contribution in [0.25, 0.3) is 10.2 Å². The van der Waals surface area contributed by atoms with Crippen molar-refractivity contribution in [2.24, 2.45) is 0 Å². The highest BCUT2D eigenvalue weighted by Crippen LogP contribution is 2.35. The second-order valence-electron chi connectivity index (χ2n) is 7.59. The topological polar surface area (TPSA) is 44.1 Å². The van der Waals surface area contributed by atoms with E-state index >= 15 is 0 Å². The van der Waals surface area contributed by atoms with E-state index in [1.807, 2.05) is 26.0 Å². The zero-order chi connectivity index (χ0) is 20.4. The highest BCUT2D eigenvalue weighted by molar-refractivity contribution is 7.98. The predicted molar refractivity (Wildman–Crippen MR) is 122 cm³/mol. The first-order valence-corrected chi connectivity index (χ1v) is 11.9. The van der Waals surface area contributed by atoms with Crippen molar-refractivity contribution in [3.05, 3.63) is 63.3 Å². The number of hydrogen-bond acceptors (Lipinski definition) is 5. The lowest BCUT2D eigenvalue weighted by Crippen LogP contribution is -2.23. The smallest absolute Gasteiger partial charge is 0.263 e. The normalized spacial score (nSPS) is 13.6. The van der Waals surface area contributed by atoms with E-state index in [1.165, 1.54) is 22.4 Å². The molecule has 1 aliphatic carbocycles. The molecule has 0 unspecified atom stereocenters. The molecule has 0 N–H and O–H groups in total. The van der Waals surface area contributed by atoms with Crippen LogP contribution >= 0.6 is 23.1 Å². The van der Waals surface area contributed by atoms with Gasteiger partial charge in [-0.05, 0) is 62.8 Å². The van der Waals surface area contributed by atoms with Crippen molar-refractivity contribution < 1.29 is 4.74 Å². The van der Waals surface area contributed by atoms with Crippen LogP contribution in [0.4, 0.5) is 0 Å². The van der Waals surface area contributed by atoms with Crippen LogP contribution in [0.5, 0.6) is 5.75 Å². The van der Waals surface area contributed by atoms with Crippen LogP contribution in [-0.2, 0) is 25.1 Å². The molecule has 0 aliphatic heterocycles. The zero-order valence-corrected chi connectivity index (χ0v) is 18.6. The van der Waals surface area contributed by atoms with Crippen LogP contribution in [0, 0.1) is 0 Å². The molecule has 4 rings (SSSR count). The number of benzene rings is 1. The molecule has 1 aliphatic rings. The number of rotatable bonds is 7. The van der Waals surface area contributed by atoms with Crippen LogP contribution in [0.1, 0.15) is 42.7 Å². The summed E-state index contributed by atoms with van der Waals surface area (Å²) in [7, 11) is 0. The molecule has 0 spiro atoms. The minimum absolute atomic E-state index is 0.0810. The first-order chi connectivity index (χ1) is 14.1. The molecule has 0 atom stereocenters. The van der Waals surface area contributed by atoms with Crippen molar-refractivity contribution in [2.75, 3.05) is 0 Å². The van der Waals surface area contributed by atoms with E-state index in [2.05, 4.69) is 18.7 Å². The van der Waals surface area contributed by atoms with Crippen molar-refractivity contribution in [1.82, 2.24) is 9.55 Å². The lowest BCUT2D eigenvalue weighted by atomic mass is 9.97. The van der Waals surface area contributed by atoms with Crippen LogP contribution in [0.3, 0.4) is 0 Å². The number of nitrogens with zero attached hydrogens (tertiary/aromatic N) is 2. The van der Waals surface area contributed by atoms with Crippen molar-refractivity contribution >= 4 is 33.3 Å². The highest BCUT2D eigenvalue weighted by atomic mass is 32.2. The van der Waals surface area contributed by atoms with E-state index in [9.17, 15) is 4.79 Å². The molecule has 0 radical (unpaired) electrons. The molecule has 0 saturated heterocycles. The average Bonchev–Trinajstić information content (AvgIpc) is 3.08. The number of allylic oxidation sites excluding steroid dienone is 1. The maximum absolute atomic E-state index is 13.3. The monoisotopic (exact) mass is 426 g/mol. The Kier molecular flexibility index (Phi) is 6.11. The molecule has 0 bridgehead atoms. The summed E-state index contributed by atoms with van der Waals surface area (Å²) in [6, 6.07) is 8.14. The summed E-state index contributed by atoms with van der Waals surface area (Å²) < 4.78 is 7.49. The van der Waals surface area contributed by atoms with E-state index in [1.54, 1.807) is 33.7 Å². The van der Waals surface area contributed by atoms with Gasteiger partial charge in [0.05, 0.1) is 11.5 Å². The van der Waals surface area contributed by atoms with E-state index in [0.717, 1.165) is 46.1 Å². The second-order valence-corrected chi connectivity index (χ2v) is 9.62. The largest absolute Gasteiger partial charge is 0.491 e. The van der Waals surface area contributed by atoms with Gasteiger partial charge in [-0.1, -0.05) is 30.0 Å². The molecular formula is C23H26N2O2S2. The molecule has 3 aromatic rings. The minimum atomic E-state index is 0.0810. The fraction of sp³-hybridized carbons (Fsp3) is 0.391. The van der Waals surface area contributed by atoms with Crippen LogP contribution in [0.2, 0.25) is 0 Å². The van der Waals surface area contributed by atoms with E-state index in [4.69, 9.17) is 9.72 Å². The number of aryl methyl sites for hydroxylation is 2. The molecule has 0 fully saturated rings. The van der Waals surface area contributed by atoms with Gasteiger partial charge < -0.3 is 4.74 Å². The van der Waals surface area contributed by atoms with Gasteiger partial charge in [0.25, 0.3) is 5.56 Å². The third kappa shape index (κ3) is 4.28. The Bertz CT molecular complexity index is 1080. The highest BCUT2D eigenvalue weighted by Gasteiger charge is 2.22. The Balaban J connectivity index is 1.63. The van der Waals surface area contributed by atoms with Gasteiger partial charge in [-0.3, -0.25) is 9.36 Å². The molecule has 152 valence electrons. The fourth-order valence-electron chi connectivity index (χ4n) is 3.70. The van der Waals surface area contributed by atoms with Gasteiger partial charge in [0.15, 0.2) is 5.16 Å². The number of fused-ring (bicyclic) bond motifs is 3. The summed E-state index contributed by atoms with van der Waals surface area (Å²) in [5, 5.41) is 1.61. The zero-order valence-electron chi connectivity index (χ0n) is 16.9. The molecule has 0 amide bonds. The van der Waals surface area contributed by atoms with Crippen LogP contribution in [-0.4, -0.2) is 15.7 Å². The minimum Gasteiger partial charge on any atom is -0.491 e. The number of hydrogen-bond donors (Lipinski definition) is 0. The SMILES string of the molecule is C=CCn1c(SCc2ccc(OC(C)C)cc2)nc2sc3c(c2c1=O)CCCC3. The second kappa shape index (κ2) is 8.76. The van der Waals surface area contributed by atoms with Crippen LogP contribution in [0.15, 0.2) is 46.9 Å². The molecule has 4 nitrogen and oxygen atoms in total. The van der Waals surface area contributed by atoms with Crippen molar-refractivity contribution in [2.45, 2.75) is 63.1 Å². The van der Waals surface area contributed by atoms with Gasteiger partial charge in [0.1, 0.15) is 10.6 Å². The van der Waals surface area contributed by atoms with Crippen molar-refractivity contribution in [1.29, 1.82) is 0 Å². The van der Waals surface area contributed by atoms with E-state index < -0.39 is 0 Å². The Morgan fingerprint density at radius 1 is 1.28 bits per heavy atom. The van der Waals surface area contributed by atoms with Gasteiger partial charge in [-0.25, -0.2) is 4.98 Å². The summed E-state index contributed by atoms with van der Waals surface area (Å²) in [5.41, 5.74) is 2.50. The Morgan fingerprint density at radius 2 is 2.03 bits per heavy atom. The predicted octanol–water partition coefficient (Wildman–Crippen LogP) is 5.60. The van der Waals surface area contributed by atoms with Gasteiger partial charge in [0.2, 0.25) is 0 Å². The molecule has 1 aromatic carbocycles. The van der Waals surface area contributed by atoms with Crippen LogP contribution < -0.4 is 10.3 Å². The standard InChI is InChI=1S/C23H26N2O2S2/c1-4-13-25-22(26)20-18-7-5-6-8-19(18)29-21(20)24-23(25)28-14-16-9-11-17(12-10-16)27-15(2)3/h4,9-12,15H,1,5-8,13-14H2,2-3H3. The number of aromatic nitrogens is 2. The van der Waals surface area contributed by atoms with Gasteiger partial charge >= 0.3 is 0 Å². The Labute approximate surface area is 179 Å². The average molecular weight is 427 g/mol. The maximum atomic E-state index is 13.3. The van der Waals surface area contributed by atoms with Gasteiger partial charge in [-0.2, -0.15) is 0 Å². The molecule has 0 saturated carbocycles.